The van der Waals surface area contributed by atoms with Crippen molar-refractivity contribution in [2.75, 3.05) is 11.1 Å². The Balaban J connectivity index is 0.000000182. The summed E-state index contributed by atoms with van der Waals surface area (Å²) in [6, 6.07) is 0. The lowest BCUT2D eigenvalue weighted by atomic mass is 9.92. The highest BCUT2D eigenvalue weighted by atomic mass is 16.5. The minimum Gasteiger partial charge on any atom is -0.487 e. The third-order valence-electron chi connectivity index (χ3n) is 6.98. The molecule has 5 nitrogen and oxygen atoms in total. The number of fused-ring (bicyclic) bond motifs is 2. The number of nitrogens with two attached hydrogens (primary N) is 1. The second-order valence-electron chi connectivity index (χ2n) is 10.5. The summed E-state index contributed by atoms with van der Waals surface area (Å²) < 4.78 is 12.0. The normalized spacial score (nSPS) is 16.8. The van der Waals surface area contributed by atoms with Crippen LogP contribution < -0.4 is 20.5 Å². The van der Waals surface area contributed by atoms with E-state index in [2.05, 4.69) is 53.8 Å². The van der Waals surface area contributed by atoms with Gasteiger partial charge in [-0.15, -0.1) is 0 Å². The predicted molar refractivity (Wildman–Crippen MR) is 132 cm³/mol. The van der Waals surface area contributed by atoms with E-state index in [9.17, 15) is 4.79 Å². The van der Waals surface area contributed by atoms with Gasteiger partial charge < -0.3 is 20.5 Å². The van der Waals surface area contributed by atoms with Crippen molar-refractivity contribution in [1.29, 1.82) is 0 Å². The van der Waals surface area contributed by atoms with Gasteiger partial charge in [-0.05, 0) is 103 Å². The maximum absolute atomic E-state index is 10.7. The molecule has 0 bridgehead atoms. The van der Waals surface area contributed by atoms with Crippen LogP contribution in [0, 0.1) is 41.5 Å². The van der Waals surface area contributed by atoms with Gasteiger partial charge in [-0.2, -0.15) is 0 Å². The first-order chi connectivity index (χ1) is 14.7. The summed E-state index contributed by atoms with van der Waals surface area (Å²) in [5.74, 6) is 2.06. The highest BCUT2D eigenvalue weighted by Crippen LogP contribution is 2.45. The smallest absolute Gasteiger partial charge is 0.211 e. The summed E-state index contributed by atoms with van der Waals surface area (Å²) in [6.07, 6.45) is 2.59. The maximum Gasteiger partial charge on any atom is 0.211 e. The van der Waals surface area contributed by atoms with E-state index in [1.807, 2.05) is 20.8 Å². The van der Waals surface area contributed by atoms with Crippen LogP contribution in [0.5, 0.6) is 11.5 Å². The molecular weight excluding hydrogens is 400 g/mol. The van der Waals surface area contributed by atoms with E-state index in [4.69, 9.17) is 15.2 Å². The summed E-state index contributed by atoms with van der Waals surface area (Å²) in [5.41, 5.74) is 17.1. The van der Waals surface area contributed by atoms with Crippen LogP contribution in [0.2, 0.25) is 0 Å². The first-order valence-corrected chi connectivity index (χ1v) is 11.3. The van der Waals surface area contributed by atoms with Crippen LogP contribution in [0.3, 0.4) is 0 Å². The number of hydrogen-bond acceptors (Lipinski definition) is 4. The minimum atomic E-state index is -0.149. The lowest BCUT2D eigenvalue weighted by Crippen LogP contribution is -2.24. The molecule has 2 aliphatic heterocycles. The van der Waals surface area contributed by atoms with Gasteiger partial charge in [-0.25, -0.2) is 0 Å². The number of ether oxygens (including phenoxy) is 2. The Morgan fingerprint density at radius 1 is 0.719 bits per heavy atom. The molecule has 174 valence electrons. The number of rotatable bonds is 2. The van der Waals surface area contributed by atoms with Crippen molar-refractivity contribution < 1.29 is 14.3 Å². The summed E-state index contributed by atoms with van der Waals surface area (Å²) in [6.45, 7) is 20.8. The Morgan fingerprint density at radius 3 is 1.62 bits per heavy atom. The van der Waals surface area contributed by atoms with Crippen molar-refractivity contribution in [2.45, 2.75) is 93.3 Å². The number of amides is 1. The lowest BCUT2D eigenvalue weighted by molar-refractivity contribution is -0.105. The molecule has 2 heterocycles. The van der Waals surface area contributed by atoms with E-state index in [0.717, 1.165) is 64.4 Å². The Hall–Kier alpha value is -2.69. The van der Waals surface area contributed by atoms with Crippen LogP contribution in [0.4, 0.5) is 11.4 Å². The third kappa shape index (κ3) is 4.05. The number of nitrogen functional groups attached to an aromatic ring is 1. The molecule has 0 aromatic heterocycles. The first kappa shape index (κ1) is 24.0. The molecule has 4 rings (SSSR count). The largest absolute Gasteiger partial charge is 0.487 e. The molecule has 0 saturated heterocycles. The van der Waals surface area contributed by atoms with Crippen molar-refractivity contribution in [2.24, 2.45) is 0 Å². The van der Waals surface area contributed by atoms with E-state index >= 15 is 0 Å². The standard InChI is InChI=1S/C14H19NO2.C13H19NO/c1-8-9(2)13-11(6-14(4,5)17-13)10(3)12(8)15-7-16;1-7-8(2)12-10(9(3)11(7)14)6-13(4,5)15-12/h7H,6H2,1-5H3,(H,15,16);6,14H2,1-5H3. The quantitative estimate of drug-likeness (QED) is 0.459. The molecule has 1 amide bonds. The number of carbonyl (C=O) groups is 1. The molecule has 5 heteroatoms. The molecule has 0 radical (unpaired) electrons. The number of anilines is 2. The van der Waals surface area contributed by atoms with Crippen LogP contribution >= 0.6 is 0 Å². The average Bonchev–Trinajstić information content (AvgIpc) is 3.22. The second-order valence-corrected chi connectivity index (χ2v) is 10.5. The molecule has 0 atom stereocenters. The molecular formula is C27H38N2O3. The molecule has 0 fully saturated rings. The SMILES string of the molecule is Cc1c(C)c2c(c(C)c1N)CC(C)(C)O2.Cc1c(C)c2c(c(C)c1NC=O)CC(C)(C)O2. The monoisotopic (exact) mass is 438 g/mol. The molecule has 0 saturated carbocycles. The van der Waals surface area contributed by atoms with Gasteiger partial charge >= 0.3 is 0 Å². The van der Waals surface area contributed by atoms with Gasteiger partial charge in [-0.3, -0.25) is 4.79 Å². The molecule has 0 spiro atoms. The Morgan fingerprint density at radius 2 is 1.16 bits per heavy atom. The summed E-state index contributed by atoms with van der Waals surface area (Å²) >= 11 is 0. The molecule has 2 aromatic carbocycles. The van der Waals surface area contributed by atoms with Crippen LogP contribution in [-0.4, -0.2) is 17.6 Å². The average molecular weight is 439 g/mol. The lowest BCUT2D eigenvalue weighted by Gasteiger charge is -2.18. The van der Waals surface area contributed by atoms with Crippen molar-refractivity contribution in [1.82, 2.24) is 0 Å². The van der Waals surface area contributed by atoms with Crippen LogP contribution in [0.25, 0.3) is 0 Å². The van der Waals surface area contributed by atoms with Gasteiger partial charge in [0.15, 0.2) is 0 Å². The van der Waals surface area contributed by atoms with Crippen molar-refractivity contribution in [3.8, 4) is 11.5 Å². The van der Waals surface area contributed by atoms with Crippen molar-refractivity contribution in [3.63, 3.8) is 0 Å². The first-order valence-electron chi connectivity index (χ1n) is 11.3. The Labute approximate surface area is 192 Å². The molecule has 2 aliphatic rings. The summed E-state index contributed by atoms with van der Waals surface area (Å²) in [4.78, 5) is 10.7. The summed E-state index contributed by atoms with van der Waals surface area (Å²) in [7, 11) is 0. The van der Waals surface area contributed by atoms with E-state index in [0.29, 0.717) is 0 Å². The Kier molecular flexibility index (Phi) is 6.01. The molecule has 32 heavy (non-hydrogen) atoms. The zero-order valence-corrected chi connectivity index (χ0v) is 21.3. The van der Waals surface area contributed by atoms with E-state index in [1.165, 1.54) is 22.3 Å². The number of benzene rings is 2. The molecule has 0 unspecified atom stereocenters. The number of carbonyl (C=O) groups excluding carboxylic acids is 1. The van der Waals surface area contributed by atoms with E-state index < -0.39 is 0 Å². The predicted octanol–water partition coefficient (Wildman–Crippen LogP) is 5.80. The topological polar surface area (TPSA) is 73.6 Å². The zero-order chi connectivity index (χ0) is 24.2. The molecule has 0 aliphatic carbocycles. The van der Waals surface area contributed by atoms with E-state index in [1.54, 1.807) is 0 Å². The highest BCUT2D eigenvalue weighted by molar-refractivity contribution is 5.79. The van der Waals surface area contributed by atoms with Gasteiger partial charge in [0, 0.05) is 35.3 Å². The fourth-order valence-corrected chi connectivity index (χ4v) is 4.85. The van der Waals surface area contributed by atoms with Crippen LogP contribution in [0.1, 0.15) is 72.2 Å². The van der Waals surface area contributed by atoms with Crippen LogP contribution in [-0.2, 0) is 17.6 Å². The molecule has 2 aromatic rings. The zero-order valence-electron chi connectivity index (χ0n) is 21.3. The summed E-state index contributed by atoms with van der Waals surface area (Å²) in [5, 5.41) is 2.81. The van der Waals surface area contributed by atoms with Gasteiger partial charge in [0.25, 0.3) is 0 Å². The van der Waals surface area contributed by atoms with Gasteiger partial charge in [0.1, 0.15) is 22.7 Å². The van der Waals surface area contributed by atoms with Crippen LogP contribution in [0.15, 0.2) is 0 Å². The van der Waals surface area contributed by atoms with Gasteiger partial charge in [0.05, 0.1) is 0 Å². The highest BCUT2D eigenvalue weighted by Gasteiger charge is 2.35. The second kappa shape index (κ2) is 8.02. The minimum absolute atomic E-state index is 0.0852. The number of hydrogen-bond donors (Lipinski definition) is 2. The fourth-order valence-electron chi connectivity index (χ4n) is 4.85. The maximum atomic E-state index is 10.7. The number of nitrogens with one attached hydrogen (secondary N) is 1. The van der Waals surface area contributed by atoms with E-state index in [-0.39, 0.29) is 11.2 Å². The Bertz CT molecular complexity index is 1060. The van der Waals surface area contributed by atoms with Crippen molar-refractivity contribution in [3.05, 3.63) is 44.5 Å². The third-order valence-corrected chi connectivity index (χ3v) is 6.98. The molecule has 3 N–H and O–H groups in total. The van der Waals surface area contributed by atoms with Gasteiger partial charge in [-0.1, -0.05) is 0 Å². The van der Waals surface area contributed by atoms with Crippen molar-refractivity contribution >= 4 is 17.8 Å². The van der Waals surface area contributed by atoms with Gasteiger partial charge in [0.2, 0.25) is 6.41 Å². The fraction of sp³-hybridized carbons (Fsp3) is 0.519.